The highest BCUT2D eigenvalue weighted by Gasteiger charge is 2.39. The van der Waals surface area contributed by atoms with Gasteiger partial charge in [0.25, 0.3) is 0 Å². The summed E-state index contributed by atoms with van der Waals surface area (Å²) in [6.07, 6.45) is 4.01. The predicted octanol–water partition coefficient (Wildman–Crippen LogP) is 3.86. The number of rotatable bonds is 13. The highest BCUT2D eigenvalue weighted by atomic mass is 28.4. The van der Waals surface area contributed by atoms with Gasteiger partial charge >= 0.3 is 14.9 Å². The number of hydrogen-bond donors (Lipinski definition) is 1. The zero-order valence-electron chi connectivity index (χ0n) is 16.0. The second-order valence-electron chi connectivity index (χ2n) is 5.42. The van der Waals surface area contributed by atoms with E-state index in [9.17, 15) is 4.79 Å². The van der Waals surface area contributed by atoms with Crippen LogP contribution in [0.5, 0.6) is 0 Å². The van der Waals surface area contributed by atoms with Crippen LogP contribution in [0.25, 0.3) is 6.08 Å². The van der Waals surface area contributed by atoms with E-state index >= 15 is 0 Å². The molecule has 1 aromatic rings. The average molecular weight is 382 g/mol. The molecule has 0 spiro atoms. The van der Waals surface area contributed by atoms with Gasteiger partial charge in [0.15, 0.2) is 0 Å². The molecule has 0 saturated heterocycles. The van der Waals surface area contributed by atoms with Crippen molar-refractivity contribution in [3.8, 4) is 0 Å². The van der Waals surface area contributed by atoms with Crippen molar-refractivity contribution < 1.29 is 22.8 Å². The molecule has 0 radical (unpaired) electrons. The fourth-order valence-electron chi connectivity index (χ4n) is 2.42. The van der Waals surface area contributed by atoms with Gasteiger partial charge in [-0.3, -0.25) is 0 Å². The molecule has 0 aliphatic heterocycles. The van der Waals surface area contributed by atoms with E-state index in [-0.39, 0.29) is 6.61 Å². The van der Waals surface area contributed by atoms with Crippen LogP contribution in [-0.4, -0.2) is 47.9 Å². The van der Waals surface area contributed by atoms with Crippen molar-refractivity contribution in [2.24, 2.45) is 0 Å². The number of benzene rings is 1. The van der Waals surface area contributed by atoms with Gasteiger partial charge in [-0.2, -0.15) is 0 Å². The fraction of sp³-hybridized carbons (Fsp3) is 0.526. The van der Waals surface area contributed by atoms with Crippen LogP contribution in [-0.2, 0) is 18.0 Å². The molecule has 0 aliphatic carbocycles. The molecule has 0 heterocycles. The summed E-state index contributed by atoms with van der Waals surface area (Å²) in [6, 6.07) is 10.5. The molecular weight excluding hydrogens is 350 g/mol. The van der Waals surface area contributed by atoms with Crippen molar-refractivity contribution >= 4 is 21.0 Å². The summed E-state index contributed by atoms with van der Waals surface area (Å²) in [5.41, 5.74) is 1.07. The Morgan fingerprint density at radius 3 is 2.23 bits per heavy atom. The summed E-state index contributed by atoms with van der Waals surface area (Å²) < 4.78 is 22.5. The number of amides is 1. The second kappa shape index (κ2) is 13.5. The van der Waals surface area contributed by atoms with Gasteiger partial charge in [-0.25, -0.2) is 4.79 Å². The third-order valence-corrected chi connectivity index (χ3v) is 6.59. The zero-order valence-corrected chi connectivity index (χ0v) is 17.0. The summed E-state index contributed by atoms with van der Waals surface area (Å²) >= 11 is 0. The van der Waals surface area contributed by atoms with E-state index in [4.69, 9.17) is 18.0 Å². The Morgan fingerprint density at radius 2 is 1.65 bits per heavy atom. The summed E-state index contributed by atoms with van der Waals surface area (Å²) in [7, 11) is -2.64. The van der Waals surface area contributed by atoms with Gasteiger partial charge < -0.3 is 23.3 Å². The first-order valence-corrected chi connectivity index (χ1v) is 11.1. The lowest BCUT2D eigenvalue weighted by Gasteiger charge is -2.28. The molecule has 0 saturated carbocycles. The Balaban J connectivity index is 2.26. The van der Waals surface area contributed by atoms with E-state index < -0.39 is 14.9 Å². The number of alkyl carbamates (subject to hydrolysis) is 1. The minimum Gasteiger partial charge on any atom is -0.445 e. The minimum atomic E-state index is -2.64. The molecule has 0 unspecified atom stereocenters. The number of carbonyl (C=O) groups is 1. The molecule has 1 aromatic carbocycles. The van der Waals surface area contributed by atoms with Gasteiger partial charge in [-0.05, 0) is 38.8 Å². The van der Waals surface area contributed by atoms with Crippen LogP contribution >= 0.6 is 0 Å². The average Bonchev–Trinajstić information content (AvgIpc) is 2.64. The SMILES string of the molecule is CCO[Si](CCCNC(=O)OC/C=C/c1ccccc1)(OCC)OCC. The van der Waals surface area contributed by atoms with Crippen molar-refractivity contribution in [1.82, 2.24) is 5.32 Å². The molecule has 1 amide bonds. The van der Waals surface area contributed by atoms with Crippen molar-refractivity contribution in [2.75, 3.05) is 33.0 Å². The van der Waals surface area contributed by atoms with E-state index in [1.54, 1.807) is 0 Å². The lowest BCUT2D eigenvalue weighted by Crippen LogP contribution is -2.46. The minimum absolute atomic E-state index is 0.232. The van der Waals surface area contributed by atoms with E-state index in [0.717, 1.165) is 5.56 Å². The standard InChI is InChI=1S/C19H31NO5Si/c1-4-23-26(24-5-2,25-6-3)17-11-15-20-19(21)22-16-10-14-18-12-8-7-9-13-18/h7-10,12-14H,4-6,11,15-17H2,1-3H3,(H,20,21)/b14-10+. The molecule has 26 heavy (non-hydrogen) atoms. The largest absolute Gasteiger partial charge is 0.500 e. The molecule has 146 valence electrons. The van der Waals surface area contributed by atoms with Gasteiger partial charge in [0, 0.05) is 32.4 Å². The first-order valence-electron chi connectivity index (χ1n) is 9.19. The molecule has 6 nitrogen and oxygen atoms in total. The maximum absolute atomic E-state index is 11.7. The molecule has 0 aromatic heterocycles. The Hall–Kier alpha value is -1.67. The van der Waals surface area contributed by atoms with E-state index in [1.165, 1.54) is 0 Å². The van der Waals surface area contributed by atoms with Gasteiger partial charge in [0.05, 0.1) is 0 Å². The van der Waals surface area contributed by atoms with Gasteiger partial charge in [-0.15, -0.1) is 0 Å². The van der Waals surface area contributed by atoms with Crippen LogP contribution in [0.3, 0.4) is 0 Å². The fourth-order valence-corrected chi connectivity index (χ4v) is 5.03. The Morgan fingerprint density at radius 1 is 1.04 bits per heavy atom. The highest BCUT2D eigenvalue weighted by Crippen LogP contribution is 2.17. The van der Waals surface area contributed by atoms with Crippen LogP contribution < -0.4 is 5.32 Å². The summed E-state index contributed by atoms with van der Waals surface area (Å²) in [5.74, 6) is 0. The maximum Gasteiger partial charge on any atom is 0.500 e. The molecule has 1 rings (SSSR count). The quantitative estimate of drug-likeness (QED) is 0.415. The van der Waals surface area contributed by atoms with Crippen molar-refractivity contribution in [3.63, 3.8) is 0 Å². The van der Waals surface area contributed by atoms with Gasteiger partial charge in [-0.1, -0.05) is 36.4 Å². The van der Waals surface area contributed by atoms with E-state index in [1.807, 2.05) is 63.3 Å². The van der Waals surface area contributed by atoms with Crippen molar-refractivity contribution in [1.29, 1.82) is 0 Å². The molecule has 0 aliphatic rings. The smallest absolute Gasteiger partial charge is 0.445 e. The second-order valence-corrected chi connectivity index (χ2v) is 8.16. The lowest BCUT2D eigenvalue weighted by molar-refractivity contribution is 0.0707. The van der Waals surface area contributed by atoms with Crippen molar-refractivity contribution in [3.05, 3.63) is 42.0 Å². The monoisotopic (exact) mass is 381 g/mol. The van der Waals surface area contributed by atoms with Crippen LogP contribution in [0.1, 0.15) is 32.8 Å². The molecule has 0 atom stereocenters. The first-order chi connectivity index (χ1) is 12.7. The number of nitrogens with one attached hydrogen (secondary N) is 1. The molecule has 0 bridgehead atoms. The van der Waals surface area contributed by atoms with E-state index in [2.05, 4.69) is 5.32 Å². The topological polar surface area (TPSA) is 66.0 Å². The Kier molecular flexibility index (Phi) is 11.6. The third-order valence-electron chi connectivity index (χ3n) is 3.44. The van der Waals surface area contributed by atoms with Gasteiger partial charge in [0.2, 0.25) is 0 Å². The van der Waals surface area contributed by atoms with E-state index in [0.29, 0.717) is 38.8 Å². The summed E-state index contributed by atoms with van der Waals surface area (Å²) in [6.45, 7) is 8.16. The van der Waals surface area contributed by atoms with Gasteiger partial charge in [0.1, 0.15) is 6.61 Å². The number of ether oxygens (including phenoxy) is 1. The third kappa shape index (κ3) is 9.14. The van der Waals surface area contributed by atoms with Crippen LogP contribution in [0.2, 0.25) is 6.04 Å². The molecule has 0 fully saturated rings. The number of carbonyl (C=O) groups excluding carboxylic acids is 1. The summed E-state index contributed by atoms with van der Waals surface area (Å²) in [5, 5.41) is 2.74. The maximum atomic E-state index is 11.7. The van der Waals surface area contributed by atoms with Crippen LogP contribution in [0, 0.1) is 0 Å². The zero-order chi connectivity index (χ0) is 19.1. The first kappa shape index (κ1) is 22.4. The number of hydrogen-bond acceptors (Lipinski definition) is 5. The predicted molar refractivity (Wildman–Crippen MR) is 105 cm³/mol. The molecular formula is C19H31NO5Si. The van der Waals surface area contributed by atoms with Crippen LogP contribution in [0.4, 0.5) is 4.79 Å². The Labute approximate surface area is 157 Å². The molecule has 1 N–H and O–H groups in total. The molecule has 7 heteroatoms. The lowest BCUT2D eigenvalue weighted by atomic mass is 10.2. The Bertz CT molecular complexity index is 507. The highest BCUT2D eigenvalue weighted by molar-refractivity contribution is 6.60. The van der Waals surface area contributed by atoms with Crippen molar-refractivity contribution in [2.45, 2.75) is 33.2 Å². The van der Waals surface area contributed by atoms with Crippen LogP contribution in [0.15, 0.2) is 36.4 Å². The normalized spacial score (nSPS) is 11.7. The summed E-state index contributed by atoms with van der Waals surface area (Å²) in [4.78, 5) is 11.7.